The van der Waals surface area contributed by atoms with Crippen molar-refractivity contribution in [3.8, 4) is 5.75 Å². The van der Waals surface area contributed by atoms with E-state index >= 15 is 0 Å². The van der Waals surface area contributed by atoms with Gasteiger partial charge in [-0.25, -0.2) is 13.8 Å². The van der Waals surface area contributed by atoms with E-state index in [1.807, 2.05) is 6.07 Å². The third-order valence-electron chi connectivity index (χ3n) is 6.07. The van der Waals surface area contributed by atoms with Crippen molar-refractivity contribution in [3.05, 3.63) is 71.3 Å². The molecule has 2 aromatic heterocycles. The molecule has 178 valence electrons. The lowest BCUT2D eigenvalue weighted by Crippen LogP contribution is -2.31. The summed E-state index contributed by atoms with van der Waals surface area (Å²) in [6.07, 6.45) is 11.0. The molecule has 0 radical (unpaired) electrons. The van der Waals surface area contributed by atoms with Crippen molar-refractivity contribution in [3.63, 3.8) is 0 Å². The van der Waals surface area contributed by atoms with Crippen LogP contribution in [-0.2, 0) is 0 Å². The van der Waals surface area contributed by atoms with Crippen molar-refractivity contribution >= 4 is 23.4 Å². The number of benzene rings is 1. The van der Waals surface area contributed by atoms with Crippen LogP contribution in [0.15, 0.2) is 42.9 Å². The summed E-state index contributed by atoms with van der Waals surface area (Å²) in [5.74, 6) is -0.271. The molecule has 2 heterocycles. The molecule has 3 aromatic rings. The summed E-state index contributed by atoms with van der Waals surface area (Å²) in [7, 11) is 1.32. The molecule has 1 fully saturated rings. The van der Waals surface area contributed by atoms with Gasteiger partial charge in [-0.15, -0.1) is 0 Å². The zero-order valence-corrected chi connectivity index (χ0v) is 19.1. The van der Waals surface area contributed by atoms with Crippen LogP contribution in [0.3, 0.4) is 0 Å². The Morgan fingerprint density at radius 3 is 2.71 bits per heavy atom. The number of H-pyrrole nitrogens is 1. The van der Waals surface area contributed by atoms with Crippen LogP contribution in [0.25, 0.3) is 6.08 Å². The Hall–Kier alpha value is -3.59. The zero-order valence-electron chi connectivity index (χ0n) is 19.1. The molecule has 3 unspecified atom stereocenters. The van der Waals surface area contributed by atoms with E-state index in [-0.39, 0.29) is 17.5 Å². The third-order valence-corrected chi connectivity index (χ3v) is 6.07. The number of ether oxygens (including phenoxy) is 1. The SMILES string of the molecule is COc1cc(F)c(C(=N)/C=C\c2cnc(Nc3cnccc3C3CC(C)CC(N)C3)[nH]2)c(F)c1. The van der Waals surface area contributed by atoms with E-state index in [4.69, 9.17) is 15.9 Å². The zero-order chi connectivity index (χ0) is 24.2. The van der Waals surface area contributed by atoms with Crippen LogP contribution >= 0.6 is 0 Å². The standard InChI is InChI=1S/C25H28F2N6O/c1-14-7-15(9-16(28)8-14)19-5-6-30-13-23(19)33-25-31-12-17(32-25)3-4-22(29)24-20(26)10-18(34-2)11-21(24)27/h3-6,10-16,29H,7-9,28H2,1-2H3,(H2,31,32,33)/b4-3-,29-22?. The van der Waals surface area contributed by atoms with Crippen LogP contribution in [0.2, 0.25) is 0 Å². The molecule has 0 spiro atoms. The van der Waals surface area contributed by atoms with E-state index in [0.29, 0.717) is 23.5 Å². The first-order chi connectivity index (χ1) is 16.3. The first-order valence-electron chi connectivity index (χ1n) is 11.2. The highest BCUT2D eigenvalue weighted by Gasteiger charge is 2.27. The van der Waals surface area contributed by atoms with Crippen molar-refractivity contribution in [2.24, 2.45) is 11.7 Å². The maximum absolute atomic E-state index is 14.2. The first kappa shape index (κ1) is 23.6. The summed E-state index contributed by atoms with van der Waals surface area (Å²) in [4.78, 5) is 11.7. The quantitative estimate of drug-likeness (QED) is 0.360. The number of rotatable bonds is 7. The van der Waals surface area contributed by atoms with Crippen molar-refractivity contribution in [2.45, 2.75) is 38.1 Å². The van der Waals surface area contributed by atoms with E-state index in [2.05, 4.69) is 27.2 Å². The molecule has 1 aliphatic rings. The Kier molecular flexibility index (Phi) is 7.02. The number of aromatic amines is 1. The lowest BCUT2D eigenvalue weighted by molar-refractivity contribution is 0.308. The largest absolute Gasteiger partial charge is 0.497 e. The van der Waals surface area contributed by atoms with Crippen molar-refractivity contribution < 1.29 is 13.5 Å². The molecule has 0 amide bonds. The molecule has 7 nitrogen and oxygen atoms in total. The van der Waals surface area contributed by atoms with Gasteiger partial charge in [0.05, 0.1) is 42.2 Å². The lowest BCUT2D eigenvalue weighted by Gasteiger charge is -2.32. The number of methoxy groups -OCH3 is 1. The molecule has 3 atom stereocenters. The van der Waals surface area contributed by atoms with Gasteiger partial charge in [0.15, 0.2) is 0 Å². The number of aromatic nitrogens is 3. The highest BCUT2D eigenvalue weighted by Crippen LogP contribution is 2.38. The molecule has 0 bridgehead atoms. The van der Waals surface area contributed by atoms with E-state index in [0.717, 1.165) is 42.6 Å². The van der Waals surface area contributed by atoms with Crippen LogP contribution in [0.5, 0.6) is 5.75 Å². The molecule has 0 saturated heterocycles. The Bertz CT molecular complexity index is 1170. The highest BCUT2D eigenvalue weighted by molar-refractivity contribution is 6.09. The normalized spacial score (nSPS) is 20.4. The van der Waals surface area contributed by atoms with Gasteiger partial charge in [-0.2, -0.15) is 0 Å². The summed E-state index contributed by atoms with van der Waals surface area (Å²) >= 11 is 0. The monoisotopic (exact) mass is 466 g/mol. The molecule has 4 rings (SSSR count). The van der Waals surface area contributed by atoms with Gasteiger partial charge in [-0.05, 0) is 54.9 Å². The van der Waals surface area contributed by atoms with Gasteiger partial charge in [-0.1, -0.05) is 6.92 Å². The van der Waals surface area contributed by atoms with Gasteiger partial charge >= 0.3 is 0 Å². The Morgan fingerprint density at radius 1 is 1.24 bits per heavy atom. The first-order valence-corrected chi connectivity index (χ1v) is 11.2. The van der Waals surface area contributed by atoms with E-state index in [9.17, 15) is 8.78 Å². The second-order valence-electron chi connectivity index (χ2n) is 8.76. The van der Waals surface area contributed by atoms with Crippen LogP contribution in [0.1, 0.15) is 48.9 Å². The van der Waals surface area contributed by atoms with E-state index < -0.39 is 17.2 Å². The molecule has 5 N–H and O–H groups in total. The average Bonchev–Trinajstić information content (AvgIpc) is 3.24. The Labute approximate surface area is 197 Å². The predicted octanol–water partition coefficient (Wildman–Crippen LogP) is 5.15. The molecule has 0 aliphatic heterocycles. The van der Waals surface area contributed by atoms with Crippen molar-refractivity contribution in [2.75, 3.05) is 12.4 Å². The fourth-order valence-corrected chi connectivity index (χ4v) is 4.57. The summed E-state index contributed by atoms with van der Waals surface area (Å²) in [6.45, 7) is 2.23. The van der Waals surface area contributed by atoms with Gasteiger partial charge in [0.1, 0.15) is 17.4 Å². The number of nitrogens with one attached hydrogen (secondary N) is 3. The minimum absolute atomic E-state index is 0.0549. The van der Waals surface area contributed by atoms with Gasteiger partial charge in [0, 0.05) is 24.4 Å². The van der Waals surface area contributed by atoms with Crippen LogP contribution in [0, 0.1) is 23.0 Å². The van der Waals surface area contributed by atoms with Crippen molar-refractivity contribution in [1.82, 2.24) is 15.0 Å². The third kappa shape index (κ3) is 5.31. The van der Waals surface area contributed by atoms with Crippen LogP contribution in [0.4, 0.5) is 20.4 Å². The van der Waals surface area contributed by atoms with E-state index in [1.165, 1.54) is 19.3 Å². The summed E-state index contributed by atoms with van der Waals surface area (Å²) in [5, 5.41) is 11.4. The number of allylic oxidation sites excluding steroid dienone is 1. The number of hydrogen-bond acceptors (Lipinski definition) is 6. The fourth-order valence-electron chi connectivity index (χ4n) is 4.57. The molecule has 1 saturated carbocycles. The van der Waals surface area contributed by atoms with Crippen LogP contribution < -0.4 is 15.8 Å². The lowest BCUT2D eigenvalue weighted by atomic mass is 9.76. The van der Waals surface area contributed by atoms with Gasteiger partial charge in [-0.3, -0.25) is 4.98 Å². The second kappa shape index (κ2) is 10.1. The Balaban J connectivity index is 1.48. The summed E-state index contributed by atoms with van der Waals surface area (Å²) < 4.78 is 33.3. The van der Waals surface area contributed by atoms with Gasteiger partial charge in [0.25, 0.3) is 0 Å². The Morgan fingerprint density at radius 2 is 2.00 bits per heavy atom. The smallest absolute Gasteiger partial charge is 0.205 e. The summed E-state index contributed by atoms with van der Waals surface area (Å²) in [6, 6.07) is 4.29. The second-order valence-corrected chi connectivity index (χ2v) is 8.76. The minimum atomic E-state index is -0.862. The molecule has 1 aliphatic carbocycles. The van der Waals surface area contributed by atoms with Crippen molar-refractivity contribution in [1.29, 1.82) is 5.41 Å². The highest BCUT2D eigenvalue weighted by atomic mass is 19.1. The summed E-state index contributed by atoms with van der Waals surface area (Å²) in [5.41, 5.74) is 8.11. The van der Waals surface area contributed by atoms with Crippen LogP contribution in [-0.4, -0.2) is 33.8 Å². The van der Waals surface area contributed by atoms with Gasteiger partial charge < -0.3 is 26.2 Å². The number of nitrogens with zero attached hydrogens (tertiary/aromatic N) is 2. The minimum Gasteiger partial charge on any atom is -0.497 e. The number of pyridine rings is 1. The van der Waals surface area contributed by atoms with Gasteiger partial charge in [0.2, 0.25) is 5.95 Å². The molecular weight excluding hydrogens is 438 g/mol. The average molecular weight is 467 g/mol. The molecule has 34 heavy (non-hydrogen) atoms. The molecule has 1 aromatic carbocycles. The number of halogens is 2. The molecular formula is C25H28F2N6O. The number of nitrogens with two attached hydrogens (primary N) is 1. The fraction of sp³-hybridized carbons (Fsp3) is 0.320. The predicted molar refractivity (Wildman–Crippen MR) is 129 cm³/mol. The van der Waals surface area contributed by atoms with E-state index in [1.54, 1.807) is 18.6 Å². The maximum atomic E-state index is 14.2. The topological polar surface area (TPSA) is 113 Å². The number of hydrogen-bond donors (Lipinski definition) is 4. The maximum Gasteiger partial charge on any atom is 0.205 e. The number of anilines is 2. The number of imidazole rings is 1. The molecule has 9 heteroatoms.